The lowest BCUT2D eigenvalue weighted by molar-refractivity contribution is -0.120. The third kappa shape index (κ3) is 8.44. The molecule has 21 heavy (non-hydrogen) atoms. The van der Waals surface area contributed by atoms with E-state index in [1.165, 1.54) is 6.08 Å². The molecule has 0 aliphatic heterocycles. The Labute approximate surface area is 133 Å². The van der Waals surface area contributed by atoms with E-state index in [4.69, 9.17) is 0 Å². The first-order valence-electron chi connectivity index (χ1n) is 6.22. The summed E-state index contributed by atoms with van der Waals surface area (Å²) in [6, 6.07) is 9.09. The van der Waals surface area contributed by atoms with E-state index in [9.17, 15) is 13.2 Å². The molecule has 5 nitrogen and oxygen atoms in total. The average molecular weight is 373 g/mol. The van der Waals surface area contributed by atoms with Gasteiger partial charge in [0, 0.05) is 29.4 Å². The molecule has 1 amide bonds. The fourth-order valence-electron chi connectivity index (χ4n) is 1.37. The van der Waals surface area contributed by atoms with Crippen LogP contribution in [0.4, 0.5) is 0 Å². The van der Waals surface area contributed by atoms with Crippen molar-refractivity contribution >= 4 is 37.9 Å². The molecule has 0 saturated heterocycles. The molecule has 1 aromatic carbocycles. The quantitative estimate of drug-likeness (QED) is 0.732. The molecule has 7 heteroatoms. The summed E-state index contributed by atoms with van der Waals surface area (Å²) in [5.74, 6) is -0.245. The zero-order valence-electron chi connectivity index (χ0n) is 11.4. The minimum absolute atomic E-state index is 0.0437. The van der Waals surface area contributed by atoms with Crippen molar-refractivity contribution in [3.63, 3.8) is 0 Å². The third-order valence-corrected chi connectivity index (χ3v) is 3.75. The predicted molar refractivity (Wildman–Crippen MR) is 88.1 cm³/mol. The van der Waals surface area contributed by atoms with Gasteiger partial charge in [0.2, 0.25) is 15.9 Å². The van der Waals surface area contributed by atoms with Gasteiger partial charge in [0.15, 0.2) is 0 Å². The average Bonchev–Trinajstić information content (AvgIpc) is 2.44. The Bertz CT molecular complexity index is 612. The molecule has 0 saturated carbocycles. The Morgan fingerprint density at radius 1 is 1.29 bits per heavy atom. The number of hydrogen-bond acceptors (Lipinski definition) is 3. The van der Waals surface area contributed by atoms with Gasteiger partial charge in [0.1, 0.15) is 0 Å². The summed E-state index contributed by atoms with van der Waals surface area (Å²) in [7, 11) is -3.54. The summed E-state index contributed by atoms with van der Waals surface area (Å²) in [4.78, 5) is 11.4. The Kier molecular flexibility index (Phi) is 7.35. The Morgan fingerprint density at radius 2 is 1.95 bits per heavy atom. The largest absolute Gasteiger partial charge is 0.351 e. The molecule has 1 aromatic rings. The van der Waals surface area contributed by atoms with Gasteiger partial charge in [-0.05, 0) is 11.6 Å². The van der Waals surface area contributed by atoms with Gasteiger partial charge in [-0.15, -0.1) is 0 Å². The Balaban J connectivity index is 2.38. The second-order valence-corrected chi connectivity index (χ2v) is 6.97. The third-order valence-electron chi connectivity index (χ3n) is 2.37. The van der Waals surface area contributed by atoms with Crippen LogP contribution in [-0.4, -0.2) is 27.4 Å². The zero-order chi connectivity index (χ0) is 15.7. The molecule has 0 unspecified atom stereocenters. The topological polar surface area (TPSA) is 75.3 Å². The predicted octanol–water partition coefficient (Wildman–Crippen LogP) is 1.99. The number of sulfonamides is 1. The van der Waals surface area contributed by atoms with Crippen molar-refractivity contribution in [2.75, 3.05) is 13.1 Å². The molecule has 2 N–H and O–H groups in total. The van der Waals surface area contributed by atoms with Crippen molar-refractivity contribution < 1.29 is 13.2 Å². The first-order valence-corrected chi connectivity index (χ1v) is 8.56. The lowest BCUT2D eigenvalue weighted by Gasteiger charge is -2.04. The van der Waals surface area contributed by atoms with E-state index in [-0.39, 0.29) is 18.9 Å². The molecule has 0 aliphatic carbocycles. The summed E-state index contributed by atoms with van der Waals surface area (Å²) in [6.45, 7) is 3.94. The summed E-state index contributed by atoms with van der Waals surface area (Å²) in [6.07, 6.45) is 1.57. The van der Waals surface area contributed by atoms with E-state index in [1.807, 2.05) is 18.2 Å². The number of amides is 1. The summed E-state index contributed by atoms with van der Waals surface area (Å²) < 4.78 is 26.4. The van der Waals surface area contributed by atoms with Crippen LogP contribution < -0.4 is 10.0 Å². The van der Waals surface area contributed by atoms with E-state index >= 15 is 0 Å². The van der Waals surface area contributed by atoms with Crippen molar-refractivity contribution in [1.29, 1.82) is 0 Å². The van der Waals surface area contributed by atoms with Crippen LogP contribution in [-0.2, 0) is 14.8 Å². The fraction of sp³-hybridized carbons (Fsp3) is 0.214. The van der Waals surface area contributed by atoms with Gasteiger partial charge < -0.3 is 5.32 Å². The SMILES string of the molecule is C=C(Br)CNC(=O)CCNS(=O)(=O)/C=C/c1ccccc1. The van der Waals surface area contributed by atoms with Gasteiger partial charge in [-0.25, -0.2) is 13.1 Å². The molecule has 0 aliphatic rings. The molecule has 114 valence electrons. The second kappa shape index (κ2) is 8.76. The first-order chi connectivity index (χ1) is 9.89. The van der Waals surface area contributed by atoms with E-state index in [0.717, 1.165) is 11.0 Å². The van der Waals surface area contributed by atoms with Gasteiger partial charge in [-0.2, -0.15) is 0 Å². The highest BCUT2D eigenvalue weighted by Crippen LogP contribution is 2.02. The molecular formula is C14H17BrN2O3S. The van der Waals surface area contributed by atoms with Crippen LogP contribution in [0.15, 0.2) is 46.8 Å². The fourth-order valence-corrected chi connectivity index (χ4v) is 2.33. The van der Waals surface area contributed by atoms with E-state index in [0.29, 0.717) is 11.0 Å². The smallest absolute Gasteiger partial charge is 0.233 e. The molecule has 0 fully saturated rings. The maximum absolute atomic E-state index is 11.7. The minimum atomic E-state index is -3.54. The van der Waals surface area contributed by atoms with Crippen molar-refractivity contribution in [3.8, 4) is 0 Å². The molecular weight excluding hydrogens is 356 g/mol. The second-order valence-electron chi connectivity index (χ2n) is 4.20. The van der Waals surface area contributed by atoms with E-state index in [1.54, 1.807) is 12.1 Å². The van der Waals surface area contributed by atoms with Crippen LogP contribution >= 0.6 is 15.9 Å². The number of halogens is 1. The van der Waals surface area contributed by atoms with E-state index < -0.39 is 10.0 Å². The minimum Gasteiger partial charge on any atom is -0.351 e. The monoisotopic (exact) mass is 372 g/mol. The molecule has 0 radical (unpaired) electrons. The van der Waals surface area contributed by atoms with Gasteiger partial charge >= 0.3 is 0 Å². The van der Waals surface area contributed by atoms with Gasteiger partial charge in [0.05, 0.1) is 0 Å². The highest BCUT2D eigenvalue weighted by Gasteiger charge is 2.06. The van der Waals surface area contributed by atoms with Gasteiger partial charge in [-0.3, -0.25) is 4.79 Å². The number of hydrogen-bond donors (Lipinski definition) is 2. The number of nitrogens with one attached hydrogen (secondary N) is 2. The maximum atomic E-state index is 11.7. The van der Waals surface area contributed by atoms with Crippen molar-refractivity contribution in [2.45, 2.75) is 6.42 Å². The molecule has 0 spiro atoms. The highest BCUT2D eigenvalue weighted by atomic mass is 79.9. The number of benzene rings is 1. The van der Waals surface area contributed by atoms with Crippen LogP contribution in [0.5, 0.6) is 0 Å². The molecule has 0 bridgehead atoms. The van der Waals surface area contributed by atoms with Crippen LogP contribution in [0.2, 0.25) is 0 Å². The van der Waals surface area contributed by atoms with Crippen LogP contribution in [0.25, 0.3) is 6.08 Å². The lowest BCUT2D eigenvalue weighted by atomic mass is 10.2. The lowest BCUT2D eigenvalue weighted by Crippen LogP contribution is -2.30. The number of rotatable bonds is 8. The number of carbonyl (C=O) groups is 1. The molecule has 1 rings (SSSR count). The van der Waals surface area contributed by atoms with E-state index in [2.05, 4.69) is 32.5 Å². The van der Waals surface area contributed by atoms with Crippen LogP contribution in [0.3, 0.4) is 0 Å². The normalized spacial score (nSPS) is 11.5. The van der Waals surface area contributed by atoms with Gasteiger partial charge in [-0.1, -0.05) is 52.8 Å². The zero-order valence-corrected chi connectivity index (χ0v) is 13.8. The molecule has 0 aromatic heterocycles. The molecule has 0 atom stereocenters. The van der Waals surface area contributed by atoms with Crippen molar-refractivity contribution in [1.82, 2.24) is 10.0 Å². The summed E-state index contributed by atoms with van der Waals surface area (Å²) >= 11 is 3.12. The summed E-state index contributed by atoms with van der Waals surface area (Å²) in [5, 5.41) is 3.67. The first kappa shape index (κ1) is 17.6. The van der Waals surface area contributed by atoms with Crippen LogP contribution in [0, 0.1) is 0 Å². The summed E-state index contributed by atoms with van der Waals surface area (Å²) in [5.41, 5.74) is 0.788. The van der Waals surface area contributed by atoms with Crippen molar-refractivity contribution in [2.24, 2.45) is 0 Å². The Morgan fingerprint density at radius 3 is 2.57 bits per heavy atom. The van der Waals surface area contributed by atoms with Gasteiger partial charge in [0.25, 0.3) is 0 Å². The highest BCUT2D eigenvalue weighted by molar-refractivity contribution is 9.11. The van der Waals surface area contributed by atoms with Crippen LogP contribution in [0.1, 0.15) is 12.0 Å². The maximum Gasteiger partial charge on any atom is 0.233 e. The Hall–Kier alpha value is -1.44. The standard InChI is InChI=1S/C14H17BrN2O3S/c1-12(15)11-16-14(18)7-9-17-21(19,20)10-8-13-5-3-2-4-6-13/h2-6,8,10,17H,1,7,9,11H2,(H,16,18)/b10-8+. The van der Waals surface area contributed by atoms with Crippen molar-refractivity contribution in [3.05, 3.63) is 52.4 Å². The molecule has 0 heterocycles. The number of carbonyl (C=O) groups excluding carboxylic acids is 1.